The van der Waals surface area contributed by atoms with Crippen LogP contribution >= 0.6 is 22.9 Å². The van der Waals surface area contributed by atoms with Crippen LogP contribution < -0.4 is 10.1 Å². The molecule has 0 aliphatic rings. The highest BCUT2D eigenvalue weighted by atomic mass is 35.5. The number of nitrogens with zero attached hydrogens (tertiary/aromatic N) is 3. The lowest BCUT2D eigenvalue weighted by Gasteiger charge is -2.07. The lowest BCUT2D eigenvalue weighted by atomic mass is 10.2. The number of hydrogen-bond donors (Lipinski definition) is 1. The van der Waals surface area contributed by atoms with Gasteiger partial charge in [-0.1, -0.05) is 23.7 Å². The van der Waals surface area contributed by atoms with Crippen LogP contribution in [0.3, 0.4) is 0 Å². The van der Waals surface area contributed by atoms with E-state index in [2.05, 4.69) is 15.4 Å². The Kier molecular flexibility index (Phi) is 5.33. The van der Waals surface area contributed by atoms with E-state index in [0.717, 1.165) is 17.0 Å². The van der Waals surface area contributed by atoms with Crippen molar-refractivity contribution in [2.75, 3.05) is 12.4 Å². The van der Waals surface area contributed by atoms with Gasteiger partial charge in [-0.2, -0.15) is 9.78 Å². The van der Waals surface area contributed by atoms with E-state index in [9.17, 15) is 4.79 Å². The largest absolute Gasteiger partial charge is 0.497 e. The van der Waals surface area contributed by atoms with Crippen LogP contribution in [0.2, 0.25) is 5.02 Å². The molecule has 1 N–H and O–H groups in total. The van der Waals surface area contributed by atoms with Crippen molar-refractivity contribution < 1.29 is 9.53 Å². The topological polar surface area (TPSA) is 69.0 Å². The lowest BCUT2D eigenvalue weighted by molar-refractivity contribution is 0.102. The van der Waals surface area contributed by atoms with Gasteiger partial charge in [-0.3, -0.25) is 4.79 Å². The maximum absolute atomic E-state index is 12.6. The SMILES string of the molecule is COc1ccc(C(=O)Nc2cc(C)nn2-c2nc(-c3ccc(Cl)cc3)cs2)cc1. The van der Waals surface area contributed by atoms with Crippen molar-refractivity contribution in [3.05, 3.63) is 76.3 Å². The van der Waals surface area contributed by atoms with Crippen molar-refractivity contribution in [2.45, 2.75) is 6.92 Å². The summed E-state index contributed by atoms with van der Waals surface area (Å²) in [6.07, 6.45) is 0. The maximum atomic E-state index is 12.6. The number of anilines is 1. The Hall–Kier alpha value is -3.16. The number of methoxy groups -OCH3 is 1. The summed E-state index contributed by atoms with van der Waals surface area (Å²) in [5.41, 5.74) is 3.09. The number of rotatable bonds is 5. The first-order valence-electron chi connectivity index (χ1n) is 8.77. The molecule has 0 saturated heterocycles. The number of ether oxygens (including phenoxy) is 1. The minimum absolute atomic E-state index is 0.233. The van der Waals surface area contributed by atoms with E-state index in [-0.39, 0.29) is 5.91 Å². The number of benzene rings is 2. The molecule has 146 valence electrons. The van der Waals surface area contributed by atoms with Gasteiger partial charge in [-0.05, 0) is 43.3 Å². The van der Waals surface area contributed by atoms with Gasteiger partial charge in [0.25, 0.3) is 5.91 Å². The summed E-state index contributed by atoms with van der Waals surface area (Å²) in [7, 11) is 1.59. The Labute approximate surface area is 176 Å². The molecule has 4 aromatic rings. The van der Waals surface area contributed by atoms with Crippen LogP contribution in [0.1, 0.15) is 16.1 Å². The Morgan fingerprint density at radius 3 is 2.55 bits per heavy atom. The fourth-order valence-corrected chi connectivity index (χ4v) is 3.70. The van der Waals surface area contributed by atoms with Gasteiger partial charge in [0.2, 0.25) is 5.13 Å². The number of nitrogens with one attached hydrogen (secondary N) is 1. The second-order valence-electron chi connectivity index (χ2n) is 6.29. The first-order valence-corrected chi connectivity index (χ1v) is 10.0. The Morgan fingerprint density at radius 1 is 1.14 bits per heavy atom. The number of thiazole rings is 1. The molecular formula is C21H17ClN4O2S. The van der Waals surface area contributed by atoms with E-state index in [1.54, 1.807) is 36.1 Å². The molecule has 0 bridgehead atoms. The van der Waals surface area contributed by atoms with Crippen molar-refractivity contribution in [1.29, 1.82) is 0 Å². The number of amides is 1. The van der Waals surface area contributed by atoms with E-state index in [0.29, 0.717) is 27.3 Å². The fourth-order valence-electron chi connectivity index (χ4n) is 2.78. The van der Waals surface area contributed by atoms with Crippen LogP contribution in [0.4, 0.5) is 5.82 Å². The molecular weight excluding hydrogens is 408 g/mol. The van der Waals surface area contributed by atoms with Gasteiger partial charge < -0.3 is 10.1 Å². The predicted molar refractivity (Wildman–Crippen MR) is 115 cm³/mol. The summed E-state index contributed by atoms with van der Waals surface area (Å²) in [4.78, 5) is 17.3. The van der Waals surface area contributed by atoms with Gasteiger partial charge >= 0.3 is 0 Å². The summed E-state index contributed by atoms with van der Waals surface area (Å²) in [5.74, 6) is 1.02. The van der Waals surface area contributed by atoms with Crippen molar-refractivity contribution >= 4 is 34.7 Å². The molecule has 4 rings (SSSR count). The molecule has 0 saturated carbocycles. The van der Waals surface area contributed by atoms with Gasteiger partial charge in [-0.15, -0.1) is 11.3 Å². The van der Waals surface area contributed by atoms with Crippen LogP contribution in [0.5, 0.6) is 5.75 Å². The first-order chi connectivity index (χ1) is 14.0. The fraction of sp³-hybridized carbons (Fsp3) is 0.0952. The predicted octanol–water partition coefficient (Wildman–Crippen LogP) is 5.22. The van der Waals surface area contributed by atoms with Crippen LogP contribution in [-0.2, 0) is 0 Å². The normalized spacial score (nSPS) is 10.7. The highest BCUT2D eigenvalue weighted by Crippen LogP contribution is 2.27. The van der Waals surface area contributed by atoms with Gasteiger partial charge in [-0.25, -0.2) is 4.98 Å². The molecule has 0 aliphatic carbocycles. The number of hydrogen-bond acceptors (Lipinski definition) is 5. The van der Waals surface area contributed by atoms with Crippen molar-refractivity contribution in [3.8, 4) is 22.1 Å². The quantitative estimate of drug-likeness (QED) is 0.477. The zero-order chi connectivity index (χ0) is 20.4. The van der Waals surface area contributed by atoms with E-state index in [1.165, 1.54) is 11.3 Å². The van der Waals surface area contributed by atoms with Crippen molar-refractivity contribution in [1.82, 2.24) is 14.8 Å². The highest BCUT2D eigenvalue weighted by Gasteiger charge is 2.15. The summed E-state index contributed by atoms with van der Waals surface area (Å²) < 4.78 is 6.77. The molecule has 29 heavy (non-hydrogen) atoms. The van der Waals surface area contributed by atoms with Crippen molar-refractivity contribution in [2.24, 2.45) is 0 Å². The Bertz CT molecular complexity index is 1150. The van der Waals surface area contributed by atoms with Gasteiger partial charge in [0.15, 0.2) is 0 Å². The summed E-state index contributed by atoms with van der Waals surface area (Å²) in [6.45, 7) is 1.87. The molecule has 1 amide bonds. The minimum Gasteiger partial charge on any atom is -0.497 e. The summed E-state index contributed by atoms with van der Waals surface area (Å²) in [6, 6.07) is 16.2. The second kappa shape index (κ2) is 8.06. The molecule has 0 radical (unpaired) electrons. The maximum Gasteiger partial charge on any atom is 0.256 e. The smallest absolute Gasteiger partial charge is 0.256 e. The average Bonchev–Trinajstić information content (AvgIpc) is 3.35. The molecule has 0 unspecified atom stereocenters. The molecule has 6 nitrogen and oxygen atoms in total. The number of carbonyl (C=O) groups is 1. The highest BCUT2D eigenvalue weighted by molar-refractivity contribution is 7.12. The third-order valence-corrected chi connectivity index (χ3v) is 5.31. The first kappa shape index (κ1) is 19.2. The molecule has 0 spiro atoms. The zero-order valence-electron chi connectivity index (χ0n) is 15.7. The summed E-state index contributed by atoms with van der Waals surface area (Å²) >= 11 is 7.41. The van der Waals surface area contributed by atoms with Gasteiger partial charge in [0.1, 0.15) is 11.6 Å². The van der Waals surface area contributed by atoms with E-state index in [4.69, 9.17) is 16.3 Å². The number of aromatic nitrogens is 3. The number of carbonyl (C=O) groups excluding carboxylic acids is 1. The zero-order valence-corrected chi connectivity index (χ0v) is 17.3. The number of aryl methyl sites for hydroxylation is 1. The minimum atomic E-state index is -0.233. The molecule has 2 aromatic carbocycles. The molecule has 2 aromatic heterocycles. The second-order valence-corrected chi connectivity index (χ2v) is 7.56. The molecule has 2 heterocycles. The average molecular weight is 425 g/mol. The third-order valence-electron chi connectivity index (χ3n) is 4.24. The van der Waals surface area contributed by atoms with E-state index >= 15 is 0 Å². The van der Waals surface area contributed by atoms with Crippen LogP contribution in [0.15, 0.2) is 60.0 Å². The molecule has 0 atom stereocenters. The summed E-state index contributed by atoms with van der Waals surface area (Å²) in [5, 5.41) is 10.7. The molecule has 0 aliphatic heterocycles. The lowest BCUT2D eigenvalue weighted by Crippen LogP contribution is -2.15. The van der Waals surface area contributed by atoms with Crippen LogP contribution in [-0.4, -0.2) is 27.8 Å². The van der Waals surface area contributed by atoms with Crippen molar-refractivity contribution in [3.63, 3.8) is 0 Å². The van der Waals surface area contributed by atoms with E-state index in [1.807, 2.05) is 42.6 Å². The molecule has 8 heteroatoms. The van der Waals surface area contributed by atoms with Gasteiger partial charge in [0, 0.05) is 27.6 Å². The monoisotopic (exact) mass is 424 g/mol. The third kappa shape index (κ3) is 4.16. The standard InChI is InChI=1S/C21H17ClN4O2S/c1-13-11-19(24-20(27)15-5-9-17(28-2)10-6-15)26(25-13)21-23-18(12-29-21)14-3-7-16(22)8-4-14/h3-12H,1-2H3,(H,24,27). The van der Waals surface area contributed by atoms with Crippen LogP contribution in [0, 0.1) is 6.92 Å². The van der Waals surface area contributed by atoms with Gasteiger partial charge in [0.05, 0.1) is 18.5 Å². The molecule has 0 fully saturated rings. The Morgan fingerprint density at radius 2 is 1.86 bits per heavy atom. The van der Waals surface area contributed by atoms with Crippen LogP contribution in [0.25, 0.3) is 16.4 Å². The number of halogens is 1. The Balaban J connectivity index is 1.60. The van der Waals surface area contributed by atoms with E-state index < -0.39 is 0 Å².